The number of rotatable bonds is 7. The molecule has 0 bridgehead atoms. The Bertz CT molecular complexity index is 945. The van der Waals surface area contributed by atoms with Crippen molar-refractivity contribution in [1.82, 2.24) is 10.1 Å². The first-order chi connectivity index (χ1) is 13.4. The first-order valence-electron chi connectivity index (χ1n) is 9.21. The number of hydrogen-bond acceptors (Lipinski definition) is 6. The smallest absolute Gasteiger partial charge is 0.344 e. The molecule has 0 aliphatic rings. The molecular weight excluding hydrogens is 356 g/mol. The van der Waals surface area contributed by atoms with Crippen LogP contribution in [-0.4, -0.2) is 22.7 Å². The van der Waals surface area contributed by atoms with Crippen molar-refractivity contribution in [3.63, 3.8) is 0 Å². The Morgan fingerprint density at radius 1 is 1.07 bits per heavy atom. The molecule has 1 heterocycles. The predicted octanol–water partition coefficient (Wildman–Crippen LogP) is 4.60. The van der Waals surface area contributed by atoms with Crippen molar-refractivity contribution >= 4 is 5.97 Å². The second kappa shape index (κ2) is 8.69. The second-order valence-corrected chi connectivity index (χ2v) is 7.02. The molecule has 0 aliphatic carbocycles. The van der Waals surface area contributed by atoms with Gasteiger partial charge in [-0.2, -0.15) is 4.98 Å². The van der Waals surface area contributed by atoms with Crippen LogP contribution in [-0.2, 0) is 16.1 Å². The highest BCUT2D eigenvalue weighted by atomic mass is 16.6. The highest BCUT2D eigenvalue weighted by molar-refractivity contribution is 5.71. The number of carbonyl (C=O) groups is 1. The van der Waals surface area contributed by atoms with E-state index >= 15 is 0 Å². The highest BCUT2D eigenvalue weighted by Crippen LogP contribution is 2.27. The van der Waals surface area contributed by atoms with E-state index in [1.165, 1.54) is 0 Å². The summed E-state index contributed by atoms with van der Waals surface area (Å²) >= 11 is 0. The van der Waals surface area contributed by atoms with Gasteiger partial charge in [0.15, 0.2) is 13.2 Å². The van der Waals surface area contributed by atoms with E-state index in [0.29, 0.717) is 17.5 Å². The minimum atomic E-state index is -0.494. The number of ether oxygens (including phenoxy) is 2. The Balaban J connectivity index is 1.54. The molecule has 1 aromatic heterocycles. The van der Waals surface area contributed by atoms with Crippen LogP contribution in [0, 0.1) is 13.8 Å². The normalized spacial score (nSPS) is 10.9. The van der Waals surface area contributed by atoms with Crippen molar-refractivity contribution in [3.8, 4) is 17.1 Å². The van der Waals surface area contributed by atoms with E-state index < -0.39 is 5.97 Å². The zero-order chi connectivity index (χ0) is 20.1. The monoisotopic (exact) mass is 380 g/mol. The summed E-state index contributed by atoms with van der Waals surface area (Å²) in [5.74, 6) is 1.20. The van der Waals surface area contributed by atoms with Crippen molar-refractivity contribution in [2.24, 2.45) is 0 Å². The van der Waals surface area contributed by atoms with Crippen LogP contribution in [0.1, 0.15) is 42.3 Å². The number of carbonyl (C=O) groups excluding carboxylic acids is 1. The number of esters is 1. The zero-order valence-corrected chi connectivity index (χ0v) is 16.6. The molecule has 6 heteroatoms. The van der Waals surface area contributed by atoms with E-state index in [2.05, 4.69) is 24.0 Å². The molecule has 3 aromatic rings. The fourth-order valence-electron chi connectivity index (χ4n) is 2.70. The zero-order valence-electron chi connectivity index (χ0n) is 16.6. The Morgan fingerprint density at radius 3 is 2.50 bits per heavy atom. The Labute approximate surface area is 164 Å². The molecule has 0 amide bonds. The summed E-state index contributed by atoms with van der Waals surface area (Å²) in [7, 11) is 0. The molecule has 146 valence electrons. The standard InChI is InChI=1S/C22H24N2O4/c1-14(2)18-10-7-16(4)11-19(18)26-13-21(25)27-12-20-23-22(24-28-20)17-8-5-15(3)6-9-17/h5-11,14H,12-13H2,1-4H3. The minimum Gasteiger partial charge on any atom is -0.482 e. The topological polar surface area (TPSA) is 74.5 Å². The predicted molar refractivity (Wildman–Crippen MR) is 105 cm³/mol. The maximum atomic E-state index is 12.0. The van der Waals surface area contributed by atoms with Gasteiger partial charge in [0.25, 0.3) is 5.89 Å². The fourth-order valence-corrected chi connectivity index (χ4v) is 2.70. The van der Waals surface area contributed by atoms with Gasteiger partial charge in [-0.3, -0.25) is 0 Å². The van der Waals surface area contributed by atoms with Crippen LogP contribution in [0.4, 0.5) is 0 Å². The maximum absolute atomic E-state index is 12.0. The number of hydrogen-bond donors (Lipinski definition) is 0. The first-order valence-corrected chi connectivity index (χ1v) is 9.21. The van der Waals surface area contributed by atoms with E-state index in [4.69, 9.17) is 14.0 Å². The lowest BCUT2D eigenvalue weighted by Gasteiger charge is -2.14. The minimum absolute atomic E-state index is 0.0914. The summed E-state index contributed by atoms with van der Waals surface area (Å²) in [6, 6.07) is 13.7. The van der Waals surface area contributed by atoms with Crippen LogP contribution >= 0.6 is 0 Å². The molecule has 0 atom stereocenters. The van der Waals surface area contributed by atoms with Crippen molar-refractivity contribution in [2.45, 2.75) is 40.2 Å². The van der Waals surface area contributed by atoms with Crippen LogP contribution in [0.2, 0.25) is 0 Å². The van der Waals surface area contributed by atoms with Crippen LogP contribution in [0.5, 0.6) is 5.75 Å². The molecule has 0 saturated heterocycles. The van der Waals surface area contributed by atoms with E-state index in [1.54, 1.807) is 0 Å². The Hall–Kier alpha value is -3.15. The molecule has 0 saturated carbocycles. The van der Waals surface area contributed by atoms with Crippen molar-refractivity contribution in [3.05, 3.63) is 65.0 Å². The van der Waals surface area contributed by atoms with Crippen LogP contribution in [0.15, 0.2) is 47.0 Å². The summed E-state index contributed by atoms with van der Waals surface area (Å²) in [6.45, 7) is 7.88. The molecule has 6 nitrogen and oxygen atoms in total. The summed E-state index contributed by atoms with van der Waals surface area (Å²) in [6.07, 6.45) is 0. The highest BCUT2D eigenvalue weighted by Gasteiger charge is 2.13. The second-order valence-electron chi connectivity index (χ2n) is 7.02. The molecule has 0 radical (unpaired) electrons. The average molecular weight is 380 g/mol. The third-order valence-electron chi connectivity index (χ3n) is 4.27. The summed E-state index contributed by atoms with van der Waals surface area (Å²) in [4.78, 5) is 16.3. The third kappa shape index (κ3) is 4.97. The Kier molecular flexibility index (Phi) is 6.09. The van der Waals surface area contributed by atoms with Gasteiger partial charge in [-0.25, -0.2) is 4.79 Å². The van der Waals surface area contributed by atoms with Gasteiger partial charge >= 0.3 is 5.97 Å². The van der Waals surface area contributed by atoms with E-state index in [1.807, 2.05) is 56.3 Å². The summed E-state index contributed by atoms with van der Waals surface area (Å²) in [5.41, 5.74) is 4.12. The number of nitrogens with zero attached hydrogens (tertiary/aromatic N) is 2. The SMILES string of the molecule is Cc1ccc(-c2noc(COC(=O)COc3cc(C)ccc3C(C)C)n2)cc1. The molecule has 0 unspecified atom stereocenters. The third-order valence-corrected chi connectivity index (χ3v) is 4.27. The van der Waals surface area contributed by atoms with Gasteiger partial charge in [0, 0.05) is 5.56 Å². The Morgan fingerprint density at radius 2 is 1.79 bits per heavy atom. The first kappa shape index (κ1) is 19.6. The summed E-state index contributed by atoms with van der Waals surface area (Å²) < 4.78 is 16.0. The molecule has 3 rings (SSSR count). The quantitative estimate of drug-likeness (QED) is 0.558. The molecule has 0 fully saturated rings. The van der Waals surface area contributed by atoms with Gasteiger partial charge in [-0.1, -0.05) is 61.0 Å². The summed E-state index contributed by atoms with van der Waals surface area (Å²) in [5, 5.41) is 3.92. The lowest BCUT2D eigenvalue weighted by Crippen LogP contribution is -2.15. The molecule has 0 aliphatic heterocycles. The molecular formula is C22H24N2O4. The van der Waals surface area contributed by atoms with Crippen LogP contribution in [0.25, 0.3) is 11.4 Å². The lowest BCUT2D eigenvalue weighted by molar-refractivity contribution is -0.148. The van der Waals surface area contributed by atoms with Gasteiger partial charge in [0.1, 0.15) is 5.75 Å². The molecule has 0 spiro atoms. The van der Waals surface area contributed by atoms with Gasteiger partial charge in [0.2, 0.25) is 5.82 Å². The fraction of sp³-hybridized carbons (Fsp3) is 0.318. The van der Waals surface area contributed by atoms with Crippen molar-refractivity contribution in [2.75, 3.05) is 6.61 Å². The van der Waals surface area contributed by atoms with E-state index in [-0.39, 0.29) is 19.1 Å². The van der Waals surface area contributed by atoms with Gasteiger partial charge in [0.05, 0.1) is 0 Å². The van der Waals surface area contributed by atoms with Crippen LogP contribution < -0.4 is 4.74 Å². The van der Waals surface area contributed by atoms with Gasteiger partial charge < -0.3 is 14.0 Å². The lowest BCUT2D eigenvalue weighted by atomic mass is 10.0. The van der Waals surface area contributed by atoms with Gasteiger partial charge in [-0.05, 0) is 37.0 Å². The number of aromatic nitrogens is 2. The average Bonchev–Trinajstić information content (AvgIpc) is 3.14. The maximum Gasteiger partial charge on any atom is 0.344 e. The molecule has 0 N–H and O–H groups in total. The van der Waals surface area contributed by atoms with Gasteiger partial charge in [-0.15, -0.1) is 0 Å². The largest absolute Gasteiger partial charge is 0.482 e. The number of aryl methyl sites for hydroxylation is 2. The van der Waals surface area contributed by atoms with Crippen molar-refractivity contribution < 1.29 is 18.8 Å². The van der Waals surface area contributed by atoms with Crippen molar-refractivity contribution in [1.29, 1.82) is 0 Å². The van der Waals surface area contributed by atoms with E-state index in [0.717, 1.165) is 22.3 Å². The number of benzene rings is 2. The molecule has 2 aromatic carbocycles. The van der Waals surface area contributed by atoms with Crippen LogP contribution in [0.3, 0.4) is 0 Å². The van der Waals surface area contributed by atoms with E-state index in [9.17, 15) is 4.79 Å². The molecule has 28 heavy (non-hydrogen) atoms.